The monoisotopic (exact) mass is 350 g/mol. The highest BCUT2D eigenvalue weighted by atomic mass is 16.6. The van der Waals surface area contributed by atoms with Crippen molar-refractivity contribution in [3.8, 4) is 0 Å². The Kier molecular flexibility index (Phi) is 6.35. The lowest BCUT2D eigenvalue weighted by atomic mass is 10.1. The maximum Gasteiger partial charge on any atom is 0.410 e. The normalized spacial score (nSPS) is 18.8. The summed E-state index contributed by atoms with van der Waals surface area (Å²) in [5.41, 5.74) is 0.852. The average molecular weight is 350 g/mol. The highest BCUT2D eigenvalue weighted by molar-refractivity contribution is 5.86. The summed E-state index contributed by atoms with van der Waals surface area (Å²) in [5, 5.41) is 18.3. The van der Waals surface area contributed by atoms with E-state index in [2.05, 4.69) is 0 Å². The van der Waals surface area contributed by atoms with Crippen LogP contribution in [0.2, 0.25) is 0 Å². The highest BCUT2D eigenvalue weighted by Gasteiger charge is 2.36. The molecule has 0 aromatic heterocycles. The van der Waals surface area contributed by atoms with E-state index in [1.165, 1.54) is 9.80 Å². The van der Waals surface area contributed by atoms with Gasteiger partial charge in [-0.1, -0.05) is 30.3 Å². The van der Waals surface area contributed by atoms with Crippen LogP contribution in [-0.2, 0) is 20.9 Å². The molecule has 0 saturated carbocycles. The van der Waals surface area contributed by atoms with Crippen LogP contribution in [0.15, 0.2) is 30.3 Å². The van der Waals surface area contributed by atoms with Gasteiger partial charge in [-0.05, 0) is 12.5 Å². The first-order valence-electron chi connectivity index (χ1n) is 8.04. The number of carboxylic acids is 1. The molecule has 1 fully saturated rings. The van der Waals surface area contributed by atoms with Crippen molar-refractivity contribution in [2.75, 3.05) is 19.6 Å². The van der Waals surface area contributed by atoms with Gasteiger partial charge in [-0.3, -0.25) is 14.5 Å². The molecule has 1 aliphatic rings. The number of hydrogen-bond donors (Lipinski definition) is 2. The number of amides is 2. The van der Waals surface area contributed by atoms with Crippen molar-refractivity contribution in [1.29, 1.82) is 0 Å². The second-order valence-electron chi connectivity index (χ2n) is 5.95. The molecule has 1 heterocycles. The molecular formula is C17H22N2O6. The number of nitrogens with zero attached hydrogens (tertiary/aromatic N) is 2. The number of carbonyl (C=O) groups is 3. The first-order valence-corrected chi connectivity index (χ1v) is 8.04. The molecule has 1 unspecified atom stereocenters. The molecule has 2 rings (SSSR count). The fraction of sp³-hybridized carbons (Fsp3) is 0.471. The predicted molar refractivity (Wildman–Crippen MR) is 87.6 cm³/mol. The van der Waals surface area contributed by atoms with Gasteiger partial charge in [0.25, 0.3) is 0 Å². The van der Waals surface area contributed by atoms with E-state index in [1.807, 2.05) is 30.3 Å². The molecule has 25 heavy (non-hydrogen) atoms. The molecule has 1 aliphatic heterocycles. The van der Waals surface area contributed by atoms with Gasteiger partial charge in [-0.2, -0.15) is 0 Å². The molecule has 8 heteroatoms. The summed E-state index contributed by atoms with van der Waals surface area (Å²) in [7, 11) is 0. The number of ether oxygens (including phenoxy) is 1. The number of carbonyl (C=O) groups excluding carboxylic acids is 2. The van der Waals surface area contributed by atoms with E-state index in [-0.39, 0.29) is 32.1 Å². The lowest BCUT2D eigenvalue weighted by Gasteiger charge is -2.39. The van der Waals surface area contributed by atoms with Crippen LogP contribution in [0.5, 0.6) is 0 Å². The summed E-state index contributed by atoms with van der Waals surface area (Å²) in [6, 6.07) is 8.50. The van der Waals surface area contributed by atoms with Gasteiger partial charge in [0.1, 0.15) is 12.6 Å². The Hall–Kier alpha value is -2.61. The number of piperazine rings is 1. The zero-order valence-electron chi connectivity index (χ0n) is 14.0. The van der Waals surface area contributed by atoms with Gasteiger partial charge in [-0.25, -0.2) is 4.79 Å². The number of aliphatic hydroxyl groups excluding tert-OH is 1. The molecule has 0 aliphatic carbocycles. The van der Waals surface area contributed by atoms with Gasteiger partial charge in [-0.15, -0.1) is 0 Å². The minimum Gasteiger partial charge on any atom is -0.481 e. The quantitative estimate of drug-likeness (QED) is 0.782. The van der Waals surface area contributed by atoms with Gasteiger partial charge < -0.3 is 19.8 Å². The maximum atomic E-state index is 12.4. The summed E-state index contributed by atoms with van der Waals surface area (Å²) >= 11 is 0. The molecule has 2 N–H and O–H groups in total. The Bertz CT molecular complexity index is 621. The molecule has 8 nitrogen and oxygen atoms in total. The third-order valence-electron chi connectivity index (χ3n) is 4.03. The number of benzene rings is 1. The molecule has 0 bridgehead atoms. The third-order valence-corrected chi connectivity index (χ3v) is 4.03. The van der Waals surface area contributed by atoms with Crippen LogP contribution in [0.3, 0.4) is 0 Å². The first-order chi connectivity index (χ1) is 11.9. The minimum atomic E-state index is -1.13. The first kappa shape index (κ1) is 18.7. The summed E-state index contributed by atoms with van der Waals surface area (Å²) < 4.78 is 5.24. The molecular weight excluding hydrogens is 328 g/mol. The van der Waals surface area contributed by atoms with E-state index in [1.54, 1.807) is 6.92 Å². The fourth-order valence-corrected chi connectivity index (χ4v) is 2.68. The molecule has 0 spiro atoms. The van der Waals surface area contributed by atoms with E-state index in [4.69, 9.17) is 9.84 Å². The molecule has 0 radical (unpaired) electrons. The van der Waals surface area contributed by atoms with Crippen LogP contribution in [0.4, 0.5) is 4.79 Å². The lowest BCUT2D eigenvalue weighted by molar-refractivity contribution is -0.145. The number of rotatable bonds is 6. The Morgan fingerprint density at radius 1 is 1.28 bits per heavy atom. The Balaban J connectivity index is 1.87. The van der Waals surface area contributed by atoms with Crippen molar-refractivity contribution in [3.05, 3.63) is 35.9 Å². The molecule has 1 aromatic carbocycles. The SMILES string of the molecule is C[C@H]1C(=O)N(CC(O)CC(=O)O)CCN1C(=O)OCc1ccccc1. The van der Waals surface area contributed by atoms with Crippen LogP contribution in [-0.4, -0.2) is 69.8 Å². The number of β-amino-alcohol motifs (C(OH)–C–C–N with tert-alkyl or cyclic N) is 1. The van der Waals surface area contributed by atoms with Gasteiger partial charge >= 0.3 is 12.1 Å². The summed E-state index contributed by atoms with van der Waals surface area (Å²) in [5.74, 6) is -1.47. The van der Waals surface area contributed by atoms with Gasteiger partial charge in [0.2, 0.25) is 5.91 Å². The minimum absolute atomic E-state index is 0.0671. The van der Waals surface area contributed by atoms with E-state index < -0.39 is 30.6 Å². The molecule has 2 amide bonds. The Labute approximate surface area is 145 Å². The van der Waals surface area contributed by atoms with Crippen LogP contribution in [0.25, 0.3) is 0 Å². The smallest absolute Gasteiger partial charge is 0.410 e. The van der Waals surface area contributed by atoms with Gasteiger partial charge in [0.05, 0.1) is 12.5 Å². The van der Waals surface area contributed by atoms with E-state index >= 15 is 0 Å². The van der Waals surface area contributed by atoms with Crippen LogP contribution in [0, 0.1) is 0 Å². The van der Waals surface area contributed by atoms with Gasteiger partial charge in [0.15, 0.2) is 0 Å². The van der Waals surface area contributed by atoms with Crippen molar-refractivity contribution in [1.82, 2.24) is 9.80 Å². The summed E-state index contributed by atoms with van der Waals surface area (Å²) in [6.07, 6.45) is -2.14. The van der Waals surface area contributed by atoms with Crippen LogP contribution in [0.1, 0.15) is 18.9 Å². The average Bonchev–Trinajstić information content (AvgIpc) is 2.57. The molecule has 2 atom stereocenters. The van der Waals surface area contributed by atoms with E-state index in [0.29, 0.717) is 0 Å². The predicted octanol–water partition coefficient (Wildman–Crippen LogP) is 0.691. The van der Waals surface area contributed by atoms with Crippen molar-refractivity contribution < 1.29 is 29.3 Å². The Morgan fingerprint density at radius 3 is 2.60 bits per heavy atom. The van der Waals surface area contributed by atoms with Crippen LogP contribution < -0.4 is 0 Å². The standard InChI is InChI=1S/C17H22N2O6/c1-12-16(23)18(10-14(20)9-15(21)22)7-8-19(12)17(24)25-11-13-5-3-2-4-6-13/h2-6,12,14,20H,7-11H2,1H3,(H,21,22)/t12-,14?/m0/s1. The third kappa shape index (κ3) is 5.18. The largest absolute Gasteiger partial charge is 0.481 e. The van der Waals surface area contributed by atoms with Crippen molar-refractivity contribution in [2.45, 2.75) is 32.1 Å². The van der Waals surface area contributed by atoms with E-state index in [9.17, 15) is 19.5 Å². The summed E-state index contributed by atoms with van der Waals surface area (Å²) in [4.78, 5) is 37.9. The van der Waals surface area contributed by atoms with Crippen molar-refractivity contribution in [3.63, 3.8) is 0 Å². The van der Waals surface area contributed by atoms with Crippen molar-refractivity contribution >= 4 is 18.0 Å². The Morgan fingerprint density at radius 2 is 1.96 bits per heavy atom. The number of carboxylic acid groups (broad SMARTS) is 1. The second-order valence-corrected chi connectivity index (χ2v) is 5.95. The summed E-state index contributed by atoms with van der Waals surface area (Å²) in [6.45, 7) is 2.13. The number of aliphatic carboxylic acids is 1. The number of aliphatic hydroxyl groups is 1. The zero-order chi connectivity index (χ0) is 18.4. The fourth-order valence-electron chi connectivity index (χ4n) is 2.68. The highest BCUT2D eigenvalue weighted by Crippen LogP contribution is 2.14. The molecule has 136 valence electrons. The zero-order valence-corrected chi connectivity index (χ0v) is 14.0. The molecule has 1 aromatic rings. The second kappa shape index (κ2) is 8.48. The van der Waals surface area contributed by atoms with Gasteiger partial charge in [0, 0.05) is 19.6 Å². The topological polar surface area (TPSA) is 107 Å². The maximum absolute atomic E-state index is 12.4. The number of hydrogen-bond acceptors (Lipinski definition) is 5. The lowest BCUT2D eigenvalue weighted by Crippen LogP contribution is -2.58. The van der Waals surface area contributed by atoms with Crippen molar-refractivity contribution in [2.24, 2.45) is 0 Å². The van der Waals surface area contributed by atoms with E-state index in [0.717, 1.165) is 5.56 Å². The molecule has 1 saturated heterocycles. The van der Waals surface area contributed by atoms with Crippen LogP contribution >= 0.6 is 0 Å².